The molecule has 0 radical (unpaired) electrons. The van der Waals surface area contributed by atoms with Crippen molar-refractivity contribution in [3.63, 3.8) is 0 Å². The summed E-state index contributed by atoms with van der Waals surface area (Å²) in [7, 11) is 0. The molecule has 1 aromatic carbocycles. The lowest BCUT2D eigenvalue weighted by atomic mass is 9.72. The minimum Gasteiger partial charge on any atom is -0.368 e. The Hall–Kier alpha value is -2.21. The molecule has 1 unspecified atom stereocenters. The summed E-state index contributed by atoms with van der Waals surface area (Å²) in [4.78, 5) is 36.0. The molecular weight excluding hydrogens is 344 g/mol. The van der Waals surface area contributed by atoms with Crippen LogP contribution < -0.4 is 10.6 Å². The molecule has 0 spiro atoms. The third-order valence-electron chi connectivity index (χ3n) is 5.79. The SMILES string of the molecule is CCC1(c2ccc(NC(=O)COC3CCCCC3)cc2)CCC(=O)NC1=O. The highest BCUT2D eigenvalue weighted by Crippen LogP contribution is 2.36. The van der Waals surface area contributed by atoms with E-state index in [2.05, 4.69) is 10.6 Å². The van der Waals surface area contributed by atoms with Crippen molar-refractivity contribution < 1.29 is 19.1 Å². The molecule has 1 aromatic rings. The smallest absolute Gasteiger partial charge is 0.250 e. The van der Waals surface area contributed by atoms with E-state index in [1.165, 1.54) is 19.3 Å². The van der Waals surface area contributed by atoms with Gasteiger partial charge in [0, 0.05) is 12.1 Å². The Bertz CT molecular complexity index is 695. The van der Waals surface area contributed by atoms with Crippen LogP contribution in [0.2, 0.25) is 0 Å². The van der Waals surface area contributed by atoms with Crippen molar-refractivity contribution in [1.29, 1.82) is 0 Å². The predicted molar refractivity (Wildman–Crippen MR) is 102 cm³/mol. The topological polar surface area (TPSA) is 84.5 Å². The van der Waals surface area contributed by atoms with E-state index in [1.54, 1.807) is 12.1 Å². The molecule has 6 nitrogen and oxygen atoms in total. The lowest BCUT2D eigenvalue weighted by molar-refractivity contribution is -0.138. The van der Waals surface area contributed by atoms with E-state index in [9.17, 15) is 14.4 Å². The summed E-state index contributed by atoms with van der Waals surface area (Å²) in [5.41, 5.74) is 0.863. The monoisotopic (exact) mass is 372 g/mol. The van der Waals surface area contributed by atoms with E-state index in [1.807, 2.05) is 19.1 Å². The number of benzene rings is 1. The number of rotatable bonds is 6. The summed E-state index contributed by atoms with van der Waals surface area (Å²) in [6, 6.07) is 7.32. The molecule has 3 amide bonds. The van der Waals surface area contributed by atoms with Crippen LogP contribution in [0.4, 0.5) is 5.69 Å². The quantitative estimate of drug-likeness (QED) is 0.752. The number of anilines is 1. The number of piperidine rings is 1. The summed E-state index contributed by atoms with van der Waals surface area (Å²) >= 11 is 0. The van der Waals surface area contributed by atoms with Gasteiger partial charge in [-0.1, -0.05) is 38.3 Å². The molecule has 1 heterocycles. The fourth-order valence-corrected chi connectivity index (χ4v) is 4.06. The number of ether oxygens (including phenoxy) is 1. The van der Waals surface area contributed by atoms with E-state index < -0.39 is 5.41 Å². The molecule has 1 aliphatic carbocycles. The van der Waals surface area contributed by atoms with Crippen LogP contribution in [0, 0.1) is 0 Å². The molecular formula is C21H28N2O4. The van der Waals surface area contributed by atoms with Gasteiger partial charge in [0.1, 0.15) is 6.61 Å². The first-order valence-electron chi connectivity index (χ1n) is 9.90. The zero-order valence-corrected chi connectivity index (χ0v) is 15.9. The summed E-state index contributed by atoms with van der Waals surface area (Å²) in [6.07, 6.45) is 7.33. The molecule has 2 fully saturated rings. The lowest BCUT2D eigenvalue weighted by Crippen LogP contribution is -2.51. The van der Waals surface area contributed by atoms with Gasteiger partial charge in [-0.2, -0.15) is 0 Å². The number of carbonyl (C=O) groups excluding carboxylic acids is 3. The van der Waals surface area contributed by atoms with Gasteiger partial charge in [-0.3, -0.25) is 19.7 Å². The number of imide groups is 1. The van der Waals surface area contributed by atoms with E-state index >= 15 is 0 Å². The second-order valence-electron chi connectivity index (χ2n) is 7.51. The highest BCUT2D eigenvalue weighted by Gasteiger charge is 2.42. The first-order chi connectivity index (χ1) is 13.0. The number of amides is 3. The highest BCUT2D eigenvalue weighted by atomic mass is 16.5. The Kier molecular flexibility index (Phi) is 6.26. The molecule has 27 heavy (non-hydrogen) atoms. The van der Waals surface area contributed by atoms with Gasteiger partial charge in [0.2, 0.25) is 17.7 Å². The molecule has 0 aromatic heterocycles. The fourth-order valence-electron chi connectivity index (χ4n) is 4.06. The summed E-state index contributed by atoms with van der Waals surface area (Å²) in [5, 5.41) is 5.29. The maximum atomic E-state index is 12.4. The maximum absolute atomic E-state index is 12.4. The van der Waals surface area contributed by atoms with Crippen molar-refractivity contribution in [2.24, 2.45) is 0 Å². The van der Waals surface area contributed by atoms with Gasteiger partial charge in [0.05, 0.1) is 11.5 Å². The molecule has 3 rings (SSSR count). The third-order valence-corrected chi connectivity index (χ3v) is 5.79. The van der Waals surface area contributed by atoms with Crippen molar-refractivity contribution in [1.82, 2.24) is 5.32 Å². The van der Waals surface area contributed by atoms with Crippen LogP contribution in [-0.4, -0.2) is 30.4 Å². The molecule has 2 aliphatic rings. The third kappa shape index (κ3) is 4.56. The first kappa shape index (κ1) is 19.5. The van der Waals surface area contributed by atoms with Crippen LogP contribution >= 0.6 is 0 Å². The van der Waals surface area contributed by atoms with E-state index in [4.69, 9.17) is 4.74 Å². The molecule has 6 heteroatoms. The minimum atomic E-state index is -0.680. The van der Waals surface area contributed by atoms with Gasteiger partial charge in [0.15, 0.2) is 0 Å². The molecule has 0 bridgehead atoms. The maximum Gasteiger partial charge on any atom is 0.250 e. The van der Waals surface area contributed by atoms with Crippen LogP contribution in [0.3, 0.4) is 0 Å². The van der Waals surface area contributed by atoms with E-state index in [0.29, 0.717) is 24.9 Å². The normalized spacial score (nSPS) is 23.7. The van der Waals surface area contributed by atoms with Crippen molar-refractivity contribution in [2.45, 2.75) is 69.8 Å². The molecule has 2 N–H and O–H groups in total. The van der Waals surface area contributed by atoms with Gasteiger partial charge >= 0.3 is 0 Å². The standard InChI is InChI=1S/C21H28N2O4/c1-2-21(13-12-18(24)23-20(21)26)15-8-10-16(11-9-15)22-19(25)14-27-17-6-4-3-5-7-17/h8-11,17H,2-7,12-14H2,1H3,(H,22,25)(H,23,24,26). The molecule has 1 saturated heterocycles. The van der Waals surface area contributed by atoms with Crippen LogP contribution in [-0.2, 0) is 24.5 Å². The van der Waals surface area contributed by atoms with Gasteiger partial charge in [0.25, 0.3) is 0 Å². The van der Waals surface area contributed by atoms with Gasteiger partial charge < -0.3 is 10.1 Å². The lowest BCUT2D eigenvalue weighted by Gasteiger charge is -2.35. The van der Waals surface area contributed by atoms with Gasteiger partial charge in [-0.25, -0.2) is 0 Å². The van der Waals surface area contributed by atoms with Gasteiger partial charge in [-0.15, -0.1) is 0 Å². The van der Waals surface area contributed by atoms with E-state index in [-0.39, 0.29) is 30.4 Å². The zero-order valence-electron chi connectivity index (χ0n) is 15.9. The molecule has 1 atom stereocenters. The van der Waals surface area contributed by atoms with Crippen molar-refractivity contribution in [3.8, 4) is 0 Å². The fraction of sp³-hybridized carbons (Fsp3) is 0.571. The first-order valence-corrected chi connectivity index (χ1v) is 9.90. The van der Waals surface area contributed by atoms with Crippen molar-refractivity contribution in [3.05, 3.63) is 29.8 Å². The van der Waals surface area contributed by atoms with Gasteiger partial charge in [-0.05, 0) is 43.4 Å². The molecule has 1 saturated carbocycles. The van der Waals surface area contributed by atoms with Crippen LogP contribution in [0.15, 0.2) is 24.3 Å². The number of hydrogen-bond donors (Lipinski definition) is 2. The predicted octanol–water partition coefficient (Wildman–Crippen LogP) is 3.06. The van der Waals surface area contributed by atoms with Crippen LogP contribution in [0.25, 0.3) is 0 Å². The molecule has 146 valence electrons. The summed E-state index contributed by atoms with van der Waals surface area (Å²) in [6.45, 7) is 2.02. The summed E-state index contributed by atoms with van der Waals surface area (Å²) < 4.78 is 5.70. The number of nitrogens with one attached hydrogen (secondary N) is 2. The Morgan fingerprint density at radius 2 is 1.89 bits per heavy atom. The summed E-state index contributed by atoms with van der Waals surface area (Å²) in [5.74, 6) is -0.621. The zero-order chi connectivity index (χ0) is 19.3. The Balaban J connectivity index is 1.58. The van der Waals surface area contributed by atoms with Crippen molar-refractivity contribution >= 4 is 23.4 Å². The second-order valence-corrected chi connectivity index (χ2v) is 7.51. The number of hydrogen-bond acceptors (Lipinski definition) is 4. The Morgan fingerprint density at radius 1 is 1.19 bits per heavy atom. The number of carbonyl (C=O) groups is 3. The van der Waals surface area contributed by atoms with Crippen LogP contribution in [0.1, 0.15) is 63.9 Å². The highest BCUT2D eigenvalue weighted by molar-refractivity contribution is 6.03. The van der Waals surface area contributed by atoms with Crippen molar-refractivity contribution in [2.75, 3.05) is 11.9 Å². The minimum absolute atomic E-state index is 0.0653. The molecule has 1 aliphatic heterocycles. The van der Waals surface area contributed by atoms with E-state index in [0.717, 1.165) is 18.4 Å². The second kappa shape index (κ2) is 8.65. The average molecular weight is 372 g/mol. The Morgan fingerprint density at radius 3 is 2.52 bits per heavy atom. The average Bonchev–Trinajstić information content (AvgIpc) is 2.69. The largest absolute Gasteiger partial charge is 0.368 e. The van der Waals surface area contributed by atoms with Crippen LogP contribution in [0.5, 0.6) is 0 Å². The Labute approximate surface area is 160 Å².